The van der Waals surface area contributed by atoms with Gasteiger partial charge in [-0.2, -0.15) is 0 Å². The Hall–Kier alpha value is -3.35. The number of carbonyl (C=O) groups excluding carboxylic acids is 1. The predicted molar refractivity (Wildman–Crippen MR) is 124 cm³/mol. The molecule has 1 aliphatic rings. The second kappa shape index (κ2) is 9.02. The van der Waals surface area contributed by atoms with Crippen molar-refractivity contribution in [2.24, 2.45) is 5.92 Å². The summed E-state index contributed by atoms with van der Waals surface area (Å²) in [6.07, 6.45) is 1.97. The molecule has 32 heavy (non-hydrogen) atoms. The number of hydrogen-bond donors (Lipinski definition) is 1. The number of anilines is 2. The minimum atomic E-state index is -0.300. The Morgan fingerprint density at radius 1 is 1.09 bits per heavy atom. The molecule has 7 heteroatoms. The number of piperidine rings is 1. The minimum Gasteiger partial charge on any atom is -0.493 e. The lowest BCUT2D eigenvalue weighted by Crippen LogP contribution is -2.38. The fourth-order valence-electron chi connectivity index (χ4n) is 3.97. The molecule has 168 valence electrons. The summed E-state index contributed by atoms with van der Waals surface area (Å²) < 4.78 is 25.0. The molecule has 1 amide bonds. The molecule has 0 atom stereocenters. The van der Waals surface area contributed by atoms with E-state index in [4.69, 9.17) is 9.47 Å². The largest absolute Gasteiger partial charge is 0.493 e. The van der Waals surface area contributed by atoms with Crippen LogP contribution in [0.4, 0.5) is 15.8 Å². The number of likely N-dealkylation sites (tertiary alicyclic amines) is 1. The zero-order valence-corrected chi connectivity index (χ0v) is 18.9. The number of halogens is 1. The van der Waals surface area contributed by atoms with Crippen molar-refractivity contribution >= 4 is 28.2 Å². The summed E-state index contributed by atoms with van der Waals surface area (Å²) >= 11 is 0. The number of aromatic nitrogens is 1. The number of aryl methyl sites for hydroxylation is 1. The van der Waals surface area contributed by atoms with Crippen LogP contribution in [-0.2, 0) is 0 Å². The topological polar surface area (TPSA) is 63.7 Å². The molecule has 4 rings (SSSR count). The van der Waals surface area contributed by atoms with Crippen molar-refractivity contribution in [3.8, 4) is 11.5 Å². The van der Waals surface area contributed by atoms with Crippen LogP contribution in [0.2, 0.25) is 0 Å². The van der Waals surface area contributed by atoms with E-state index in [-0.39, 0.29) is 11.7 Å². The van der Waals surface area contributed by atoms with Gasteiger partial charge in [0.05, 0.1) is 25.4 Å². The van der Waals surface area contributed by atoms with Crippen molar-refractivity contribution in [2.45, 2.75) is 26.7 Å². The lowest BCUT2D eigenvalue weighted by Gasteiger charge is -2.30. The molecule has 1 aromatic heterocycles. The lowest BCUT2D eigenvalue weighted by molar-refractivity contribution is 0.0691. The highest BCUT2D eigenvalue weighted by Crippen LogP contribution is 2.36. The van der Waals surface area contributed by atoms with Crippen LogP contribution in [0.5, 0.6) is 11.5 Å². The summed E-state index contributed by atoms with van der Waals surface area (Å²) in [5.74, 6) is 1.28. The smallest absolute Gasteiger partial charge is 0.272 e. The third kappa shape index (κ3) is 4.33. The number of hydrogen-bond acceptors (Lipinski definition) is 5. The summed E-state index contributed by atoms with van der Waals surface area (Å²) in [5, 5.41) is 4.00. The highest BCUT2D eigenvalue weighted by molar-refractivity contribution is 6.01. The molecule has 1 N–H and O–H groups in total. The molecular weight excluding hydrogens is 409 g/mol. The van der Waals surface area contributed by atoms with E-state index in [1.165, 1.54) is 6.07 Å². The molecular formula is C25H28FN3O3. The third-order valence-corrected chi connectivity index (χ3v) is 6.05. The van der Waals surface area contributed by atoms with Crippen LogP contribution in [0.3, 0.4) is 0 Å². The predicted octanol–water partition coefficient (Wildman–Crippen LogP) is 5.32. The highest BCUT2D eigenvalue weighted by Gasteiger charge is 2.24. The number of carbonyl (C=O) groups is 1. The number of nitrogens with one attached hydrogen (secondary N) is 1. The number of fused-ring (bicyclic) bond motifs is 1. The molecule has 1 fully saturated rings. The quantitative estimate of drug-likeness (QED) is 0.586. The van der Waals surface area contributed by atoms with E-state index in [0.29, 0.717) is 45.6 Å². The molecule has 2 heterocycles. The van der Waals surface area contributed by atoms with E-state index in [0.717, 1.165) is 31.3 Å². The number of amides is 1. The van der Waals surface area contributed by atoms with Gasteiger partial charge in [-0.05, 0) is 55.5 Å². The second-order valence-corrected chi connectivity index (χ2v) is 8.34. The van der Waals surface area contributed by atoms with Gasteiger partial charge < -0.3 is 19.7 Å². The fourth-order valence-corrected chi connectivity index (χ4v) is 3.97. The SMILES string of the molecule is COc1cc2nc(C(=O)N3CCC(C)CC3)cc(Nc3ccc(C)c(F)c3)c2cc1OC. The van der Waals surface area contributed by atoms with Gasteiger partial charge in [-0.15, -0.1) is 0 Å². The Labute approximate surface area is 187 Å². The highest BCUT2D eigenvalue weighted by atomic mass is 19.1. The zero-order chi connectivity index (χ0) is 22.8. The molecule has 0 spiro atoms. The number of nitrogens with zero attached hydrogens (tertiary/aromatic N) is 2. The number of rotatable bonds is 5. The van der Waals surface area contributed by atoms with Crippen molar-refractivity contribution in [1.82, 2.24) is 9.88 Å². The fraction of sp³-hybridized carbons (Fsp3) is 0.360. The maximum absolute atomic E-state index is 14.1. The maximum atomic E-state index is 14.1. The first-order valence-corrected chi connectivity index (χ1v) is 10.8. The van der Waals surface area contributed by atoms with Crippen molar-refractivity contribution in [3.05, 3.63) is 53.5 Å². The normalized spacial score (nSPS) is 14.5. The third-order valence-electron chi connectivity index (χ3n) is 6.05. The molecule has 1 saturated heterocycles. The Bertz CT molecular complexity index is 1160. The number of pyridine rings is 1. The Kier molecular flexibility index (Phi) is 6.17. The average Bonchev–Trinajstić information content (AvgIpc) is 2.80. The summed E-state index contributed by atoms with van der Waals surface area (Å²) in [4.78, 5) is 19.7. The van der Waals surface area contributed by atoms with Gasteiger partial charge in [0.2, 0.25) is 0 Å². The average molecular weight is 438 g/mol. The molecule has 0 saturated carbocycles. The molecule has 0 aliphatic carbocycles. The summed E-state index contributed by atoms with van der Waals surface area (Å²) in [6.45, 7) is 5.36. The molecule has 0 radical (unpaired) electrons. The van der Waals surface area contributed by atoms with Gasteiger partial charge in [-0.25, -0.2) is 9.37 Å². The van der Waals surface area contributed by atoms with Crippen molar-refractivity contribution in [3.63, 3.8) is 0 Å². The number of benzene rings is 2. The van der Waals surface area contributed by atoms with Gasteiger partial charge >= 0.3 is 0 Å². The van der Waals surface area contributed by atoms with Gasteiger partial charge in [0, 0.05) is 30.2 Å². The summed E-state index contributed by atoms with van der Waals surface area (Å²) in [5.41, 5.74) is 2.73. The van der Waals surface area contributed by atoms with Gasteiger partial charge in [0.1, 0.15) is 11.5 Å². The van der Waals surface area contributed by atoms with Crippen LogP contribution in [0.15, 0.2) is 36.4 Å². The molecule has 0 unspecified atom stereocenters. The van der Waals surface area contributed by atoms with Crippen LogP contribution in [0.25, 0.3) is 10.9 Å². The monoisotopic (exact) mass is 437 g/mol. The minimum absolute atomic E-state index is 0.105. The van der Waals surface area contributed by atoms with Crippen LogP contribution >= 0.6 is 0 Å². The van der Waals surface area contributed by atoms with Crippen LogP contribution in [0, 0.1) is 18.7 Å². The Morgan fingerprint density at radius 3 is 2.44 bits per heavy atom. The van der Waals surface area contributed by atoms with Gasteiger partial charge in [0.15, 0.2) is 11.5 Å². The molecule has 0 bridgehead atoms. The first-order chi connectivity index (χ1) is 15.4. The van der Waals surface area contributed by atoms with E-state index in [1.54, 1.807) is 45.4 Å². The van der Waals surface area contributed by atoms with E-state index in [1.807, 2.05) is 11.0 Å². The Balaban J connectivity index is 1.80. The molecule has 6 nitrogen and oxygen atoms in total. The van der Waals surface area contributed by atoms with Crippen molar-refractivity contribution in [1.29, 1.82) is 0 Å². The van der Waals surface area contributed by atoms with Crippen LogP contribution in [0.1, 0.15) is 35.8 Å². The molecule has 1 aliphatic heterocycles. The standard InChI is InChI=1S/C25H28FN3O3/c1-15-7-9-29(10-8-15)25(30)22-13-20(27-17-6-5-16(2)19(26)11-17)18-12-23(31-3)24(32-4)14-21(18)28-22/h5-6,11-15H,7-10H2,1-4H3,(H,27,28). The number of ether oxygens (including phenoxy) is 2. The summed E-state index contributed by atoms with van der Waals surface area (Å²) in [6, 6.07) is 10.3. The van der Waals surface area contributed by atoms with Crippen LogP contribution < -0.4 is 14.8 Å². The Morgan fingerprint density at radius 2 is 1.78 bits per heavy atom. The van der Waals surface area contributed by atoms with E-state index in [9.17, 15) is 9.18 Å². The lowest BCUT2D eigenvalue weighted by atomic mass is 9.99. The van der Waals surface area contributed by atoms with Crippen molar-refractivity contribution in [2.75, 3.05) is 32.6 Å². The van der Waals surface area contributed by atoms with Gasteiger partial charge in [-0.1, -0.05) is 13.0 Å². The molecule has 2 aromatic carbocycles. The zero-order valence-electron chi connectivity index (χ0n) is 18.9. The van der Waals surface area contributed by atoms with Crippen molar-refractivity contribution < 1.29 is 18.7 Å². The first kappa shape index (κ1) is 21.9. The van der Waals surface area contributed by atoms with E-state index < -0.39 is 0 Å². The van der Waals surface area contributed by atoms with E-state index >= 15 is 0 Å². The number of methoxy groups -OCH3 is 2. The molecule has 3 aromatic rings. The van der Waals surface area contributed by atoms with Gasteiger partial charge in [-0.3, -0.25) is 4.79 Å². The van der Waals surface area contributed by atoms with Crippen LogP contribution in [-0.4, -0.2) is 43.1 Å². The van der Waals surface area contributed by atoms with Gasteiger partial charge in [0.25, 0.3) is 5.91 Å². The summed E-state index contributed by atoms with van der Waals surface area (Å²) in [7, 11) is 3.12. The van der Waals surface area contributed by atoms with E-state index in [2.05, 4.69) is 17.2 Å². The maximum Gasteiger partial charge on any atom is 0.272 e. The second-order valence-electron chi connectivity index (χ2n) is 8.34. The first-order valence-electron chi connectivity index (χ1n) is 10.8.